The maximum atomic E-state index is 10.8. The van der Waals surface area contributed by atoms with Crippen molar-refractivity contribution in [3.8, 4) is 0 Å². The van der Waals surface area contributed by atoms with E-state index in [-0.39, 0.29) is 12.1 Å². The molecule has 1 aliphatic heterocycles. The Bertz CT molecular complexity index is 145. The molecule has 11 heavy (non-hydrogen) atoms. The summed E-state index contributed by atoms with van der Waals surface area (Å²) >= 11 is 0. The number of nitrogens with one attached hydrogen (secondary N) is 1. The van der Waals surface area contributed by atoms with Crippen LogP contribution < -0.4 is 5.32 Å². The summed E-state index contributed by atoms with van der Waals surface area (Å²) in [7, 11) is 1.36. The summed E-state index contributed by atoms with van der Waals surface area (Å²) in [6.45, 7) is 3.37. The first-order valence-electron chi connectivity index (χ1n) is 3.68. The zero-order chi connectivity index (χ0) is 8.27. The second kappa shape index (κ2) is 3.69. The Morgan fingerprint density at radius 2 is 2.27 bits per heavy atom. The maximum absolute atomic E-state index is 10.8. The molecule has 1 fully saturated rings. The van der Waals surface area contributed by atoms with E-state index < -0.39 is 6.10 Å². The van der Waals surface area contributed by atoms with Crippen molar-refractivity contribution in [2.24, 2.45) is 0 Å². The van der Waals surface area contributed by atoms with Gasteiger partial charge >= 0.3 is 5.97 Å². The minimum Gasteiger partial charge on any atom is -0.467 e. The van der Waals surface area contributed by atoms with Crippen LogP contribution in [0.5, 0.6) is 0 Å². The van der Waals surface area contributed by atoms with Crippen LogP contribution in [0.3, 0.4) is 0 Å². The number of hydrogen-bond donors (Lipinski definition) is 1. The number of ether oxygens (including phenoxy) is 2. The first kappa shape index (κ1) is 8.49. The molecule has 0 bridgehead atoms. The summed E-state index contributed by atoms with van der Waals surface area (Å²) in [6, 6.07) is 0. The van der Waals surface area contributed by atoms with E-state index in [0.717, 1.165) is 13.1 Å². The highest BCUT2D eigenvalue weighted by molar-refractivity contribution is 5.73. The molecule has 0 saturated carbocycles. The van der Waals surface area contributed by atoms with Crippen LogP contribution in [0.15, 0.2) is 0 Å². The lowest BCUT2D eigenvalue weighted by atomic mass is 10.2. The fourth-order valence-corrected chi connectivity index (χ4v) is 0.869. The van der Waals surface area contributed by atoms with Crippen LogP contribution in [0, 0.1) is 0 Å². The summed E-state index contributed by atoms with van der Waals surface area (Å²) in [5.74, 6) is -0.308. The van der Waals surface area contributed by atoms with E-state index in [9.17, 15) is 4.79 Å². The number of carbonyl (C=O) groups excluding carboxylic acids is 1. The lowest BCUT2D eigenvalue weighted by molar-refractivity contribution is -0.158. The van der Waals surface area contributed by atoms with Crippen molar-refractivity contribution in [1.82, 2.24) is 5.32 Å². The average Bonchev–Trinajstić information content (AvgIpc) is 1.94. The average molecular weight is 159 g/mol. The molecule has 4 nitrogen and oxygen atoms in total. The van der Waals surface area contributed by atoms with Gasteiger partial charge in [0.25, 0.3) is 0 Å². The van der Waals surface area contributed by atoms with Gasteiger partial charge in [-0.1, -0.05) is 0 Å². The topological polar surface area (TPSA) is 47.6 Å². The number of hydrogen-bond acceptors (Lipinski definition) is 4. The van der Waals surface area contributed by atoms with Gasteiger partial charge in [0.2, 0.25) is 0 Å². The number of carbonyl (C=O) groups is 1. The molecule has 0 aromatic heterocycles. The predicted octanol–water partition coefficient (Wildman–Crippen LogP) is -0.464. The summed E-state index contributed by atoms with van der Waals surface area (Å²) in [6.07, 6.45) is -0.254. The van der Waals surface area contributed by atoms with Crippen molar-refractivity contribution in [1.29, 1.82) is 0 Å². The van der Waals surface area contributed by atoms with Crippen LogP contribution in [0.25, 0.3) is 0 Å². The normalized spacial score (nSPS) is 20.5. The molecule has 0 spiro atoms. The van der Waals surface area contributed by atoms with Crippen LogP contribution >= 0.6 is 0 Å². The second-order valence-electron chi connectivity index (χ2n) is 2.58. The van der Waals surface area contributed by atoms with Gasteiger partial charge in [0.15, 0.2) is 6.10 Å². The molecule has 0 aromatic rings. The molecule has 1 N–H and O–H groups in total. The van der Waals surface area contributed by atoms with E-state index in [4.69, 9.17) is 4.74 Å². The molecule has 1 heterocycles. The van der Waals surface area contributed by atoms with Gasteiger partial charge in [-0.25, -0.2) is 4.79 Å². The molecule has 1 atom stereocenters. The van der Waals surface area contributed by atoms with Crippen LogP contribution in [-0.2, 0) is 14.3 Å². The highest BCUT2D eigenvalue weighted by atomic mass is 16.6. The number of rotatable bonds is 3. The van der Waals surface area contributed by atoms with Crippen molar-refractivity contribution in [2.75, 3.05) is 20.2 Å². The summed E-state index contributed by atoms with van der Waals surface area (Å²) in [4.78, 5) is 10.8. The second-order valence-corrected chi connectivity index (χ2v) is 2.58. The third kappa shape index (κ3) is 2.17. The van der Waals surface area contributed by atoms with Crippen LogP contribution in [0.4, 0.5) is 0 Å². The zero-order valence-corrected chi connectivity index (χ0v) is 6.79. The quantitative estimate of drug-likeness (QED) is 0.566. The lowest BCUT2D eigenvalue weighted by Gasteiger charge is -2.29. The molecule has 4 heteroatoms. The fraction of sp³-hybridized carbons (Fsp3) is 0.857. The van der Waals surface area contributed by atoms with E-state index in [0.29, 0.717) is 0 Å². The minimum absolute atomic E-state index is 0.184. The Hall–Kier alpha value is -0.610. The molecule has 64 valence electrons. The molecule has 1 aliphatic rings. The molecule has 0 amide bonds. The molecule has 1 rings (SSSR count). The summed E-state index contributed by atoms with van der Waals surface area (Å²) < 4.78 is 9.80. The van der Waals surface area contributed by atoms with Crippen molar-refractivity contribution in [2.45, 2.75) is 19.1 Å². The Morgan fingerprint density at radius 3 is 2.64 bits per heavy atom. The third-order valence-corrected chi connectivity index (χ3v) is 1.67. The Kier molecular flexibility index (Phi) is 2.84. The van der Waals surface area contributed by atoms with Crippen LogP contribution in [0.1, 0.15) is 6.92 Å². The zero-order valence-electron chi connectivity index (χ0n) is 6.79. The standard InChI is InChI=1S/C7H13NO3/c1-5(7(9)10-2)11-6-3-8-4-6/h5-6,8H,3-4H2,1-2H3/t5-/m1/s1. The van der Waals surface area contributed by atoms with Crippen molar-refractivity contribution >= 4 is 5.97 Å². The van der Waals surface area contributed by atoms with Crippen molar-refractivity contribution in [3.05, 3.63) is 0 Å². The fourth-order valence-electron chi connectivity index (χ4n) is 0.869. The Labute approximate surface area is 65.9 Å². The van der Waals surface area contributed by atoms with E-state index in [2.05, 4.69) is 10.1 Å². The van der Waals surface area contributed by atoms with E-state index >= 15 is 0 Å². The Balaban J connectivity index is 2.18. The van der Waals surface area contributed by atoms with Gasteiger partial charge < -0.3 is 14.8 Å². The van der Waals surface area contributed by atoms with Gasteiger partial charge in [0, 0.05) is 13.1 Å². The molecular formula is C7H13NO3. The smallest absolute Gasteiger partial charge is 0.334 e. The molecule has 0 aliphatic carbocycles. The lowest BCUT2D eigenvalue weighted by Crippen LogP contribution is -2.50. The first-order chi connectivity index (χ1) is 5.24. The van der Waals surface area contributed by atoms with Crippen molar-refractivity contribution in [3.63, 3.8) is 0 Å². The van der Waals surface area contributed by atoms with Gasteiger partial charge in [-0.3, -0.25) is 0 Å². The molecular weight excluding hydrogens is 146 g/mol. The first-order valence-corrected chi connectivity index (χ1v) is 3.68. The summed E-state index contributed by atoms with van der Waals surface area (Å²) in [5.41, 5.74) is 0. The van der Waals surface area contributed by atoms with Crippen molar-refractivity contribution < 1.29 is 14.3 Å². The SMILES string of the molecule is COC(=O)[C@@H](C)OC1CNC1. The maximum Gasteiger partial charge on any atom is 0.334 e. The van der Waals surface area contributed by atoms with Gasteiger partial charge in [0.05, 0.1) is 13.2 Å². The minimum atomic E-state index is -0.438. The van der Waals surface area contributed by atoms with E-state index in [1.807, 2.05) is 0 Å². The van der Waals surface area contributed by atoms with Gasteiger partial charge in [0.1, 0.15) is 0 Å². The predicted molar refractivity (Wildman–Crippen MR) is 39.2 cm³/mol. The monoisotopic (exact) mass is 159 g/mol. The van der Waals surface area contributed by atoms with E-state index in [1.54, 1.807) is 6.92 Å². The Morgan fingerprint density at radius 1 is 1.64 bits per heavy atom. The highest BCUT2D eigenvalue weighted by Gasteiger charge is 2.23. The van der Waals surface area contributed by atoms with Crippen LogP contribution in [0.2, 0.25) is 0 Å². The molecule has 0 aromatic carbocycles. The largest absolute Gasteiger partial charge is 0.467 e. The molecule has 0 radical (unpaired) electrons. The third-order valence-electron chi connectivity index (χ3n) is 1.67. The van der Waals surface area contributed by atoms with Gasteiger partial charge in [-0.2, -0.15) is 0 Å². The molecule has 0 unspecified atom stereocenters. The highest BCUT2D eigenvalue weighted by Crippen LogP contribution is 2.03. The van der Waals surface area contributed by atoms with Crippen LogP contribution in [-0.4, -0.2) is 38.4 Å². The summed E-state index contributed by atoms with van der Waals surface area (Å²) in [5, 5.41) is 3.05. The van der Waals surface area contributed by atoms with Gasteiger partial charge in [-0.15, -0.1) is 0 Å². The number of methoxy groups -OCH3 is 1. The van der Waals surface area contributed by atoms with E-state index in [1.165, 1.54) is 7.11 Å². The molecule has 1 saturated heterocycles. The number of esters is 1. The van der Waals surface area contributed by atoms with Gasteiger partial charge in [-0.05, 0) is 6.92 Å².